The van der Waals surface area contributed by atoms with Gasteiger partial charge < -0.3 is 9.59 Å². The highest BCUT2D eigenvalue weighted by atomic mass is 28.3. The van der Waals surface area contributed by atoms with Crippen LogP contribution in [0.25, 0.3) is 0 Å². The summed E-state index contributed by atoms with van der Waals surface area (Å²) in [5.41, 5.74) is 2.47. The molecule has 0 fully saturated rings. The minimum absolute atomic E-state index is 0.252. The van der Waals surface area contributed by atoms with E-state index < -0.39 is 9.28 Å². The van der Waals surface area contributed by atoms with Crippen LogP contribution >= 0.6 is 0 Å². The number of benzene rings is 2. The maximum atomic E-state index is 9.19. The smallest absolute Gasteiger partial charge is 0.316 e. The first-order valence-electron chi connectivity index (χ1n) is 6.23. The van der Waals surface area contributed by atoms with Gasteiger partial charge >= 0.3 is 9.28 Å². The Hall–Kier alpha value is -1.42. The fraction of sp³-hybridized carbons (Fsp3) is 0.200. The second kappa shape index (κ2) is 6.49. The van der Waals surface area contributed by atoms with E-state index in [4.69, 9.17) is 0 Å². The van der Waals surface area contributed by atoms with Crippen molar-refractivity contribution >= 4 is 9.28 Å². The molecule has 0 saturated heterocycles. The summed E-state index contributed by atoms with van der Waals surface area (Å²) in [6, 6.07) is 21.0. The maximum Gasteiger partial charge on any atom is 0.316 e. The molecule has 0 aliphatic rings. The van der Waals surface area contributed by atoms with Crippen LogP contribution in [0.5, 0.6) is 0 Å². The van der Waals surface area contributed by atoms with Crippen molar-refractivity contribution in [2.24, 2.45) is 0 Å². The molecular formula is C15H18O2Si. The van der Waals surface area contributed by atoms with E-state index in [1.165, 1.54) is 11.1 Å². The van der Waals surface area contributed by atoms with E-state index >= 15 is 0 Å². The van der Waals surface area contributed by atoms with Crippen LogP contribution in [0, 0.1) is 0 Å². The number of hydrogen-bond acceptors (Lipinski definition) is 2. The second-order valence-electron chi connectivity index (χ2n) is 4.43. The molecule has 0 bridgehead atoms. The van der Waals surface area contributed by atoms with Gasteiger partial charge in [-0.1, -0.05) is 60.7 Å². The first-order valence-corrected chi connectivity index (χ1v) is 8.08. The average molecular weight is 258 g/mol. The van der Waals surface area contributed by atoms with Crippen molar-refractivity contribution in [2.45, 2.75) is 18.4 Å². The first-order chi connectivity index (χ1) is 8.77. The van der Waals surface area contributed by atoms with E-state index in [-0.39, 0.29) is 5.92 Å². The molecule has 2 N–H and O–H groups in total. The Morgan fingerprint density at radius 3 is 1.61 bits per heavy atom. The van der Waals surface area contributed by atoms with Gasteiger partial charge in [0.25, 0.3) is 0 Å². The van der Waals surface area contributed by atoms with Crippen molar-refractivity contribution in [3.05, 3.63) is 71.8 Å². The lowest BCUT2D eigenvalue weighted by atomic mass is 9.89. The first kappa shape index (κ1) is 13.0. The van der Waals surface area contributed by atoms with Gasteiger partial charge in [0, 0.05) is 5.92 Å². The van der Waals surface area contributed by atoms with E-state index in [9.17, 15) is 9.59 Å². The van der Waals surface area contributed by atoms with Crippen LogP contribution < -0.4 is 0 Å². The minimum atomic E-state index is -2.47. The van der Waals surface area contributed by atoms with Crippen molar-refractivity contribution in [2.75, 3.05) is 0 Å². The molecule has 2 nitrogen and oxygen atoms in total. The Kier molecular flexibility index (Phi) is 4.70. The normalized spacial score (nSPS) is 11.1. The molecule has 0 saturated carbocycles. The average Bonchev–Trinajstić information content (AvgIpc) is 2.41. The molecule has 2 aromatic rings. The predicted octanol–water partition coefficient (Wildman–Crippen LogP) is 2.41. The third-order valence-electron chi connectivity index (χ3n) is 3.12. The largest absolute Gasteiger partial charge is 0.413 e. The van der Waals surface area contributed by atoms with Gasteiger partial charge in [0.15, 0.2) is 0 Å². The maximum absolute atomic E-state index is 9.19. The fourth-order valence-corrected chi connectivity index (χ4v) is 2.84. The Balaban J connectivity index is 2.24. The summed E-state index contributed by atoms with van der Waals surface area (Å²) in [7, 11) is -2.47. The van der Waals surface area contributed by atoms with Gasteiger partial charge in [0.05, 0.1) is 0 Å². The van der Waals surface area contributed by atoms with Crippen molar-refractivity contribution in [3.63, 3.8) is 0 Å². The van der Waals surface area contributed by atoms with Crippen LogP contribution in [0.1, 0.15) is 23.5 Å². The molecule has 2 aromatic carbocycles. The molecule has 0 amide bonds. The lowest BCUT2D eigenvalue weighted by Gasteiger charge is -2.18. The predicted molar refractivity (Wildman–Crippen MR) is 75.7 cm³/mol. The molecule has 0 unspecified atom stereocenters. The summed E-state index contributed by atoms with van der Waals surface area (Å²) in [5, 5.41) is 0. The van der Waals surface area contributed by atoms with Gasteiger partial charge in [0.2, 0.25) is 0 Å². The van der Waals surface area contributed by atoms with Gasteiger partial charge in [-0.15, -0.1) is 0 Å². The molecular weight excluding hydrogens is 240 g/mol. The highest BCUT2D eigenvalue weighted by molar-refractivity contribution is 6.40. The molecule has 94 valence electrons. The zero-order valence-corrected chi connectivity index (χ0v) is 11.4. The van der Waals surface area contributed by atoms with Crippen LogP contribution in [0.4, 0.5) is 0 Å². The van der Waals surface area contributed by atoms with Crippen LogP contribution in [0.15, 0.2) is 60.7 Å². The van der Waals surface area contributed by atoms with Gasteiger partial charge in [-0.3, -0.25) is 0 Å². The quantitative estimate of drug-likeness (QED) is 0.809. The molecule has 0 atom stereocenters. The molecule has 0 heterocycles. The third kappa shape index (κ3) is 3.53. The summed E-state index contributed by atoms with van der Waals surface area (Å²) in [4.78, 5) is 18.4. The van der Waals surface area contributed by atoms with Crippen molar-refractivity contribution in [1.82, 2.24) is 0 Å². The molecule has 3 heteroatoms. The summed E-state index contributed by atoms with van der Waals surface area (Å²) in [6.45, 7) is 0. The highest BCUT2D eigenvalue weighted by Gasteiger charge is 2.15. The summed E-state index contributed by atoms with van der Waals surface area (Å²) >= 11 is 0. The van der Waals surface area contributed by atoms with Crippen LogP contribution in [0.2, 0.25) is 6.04 Å². The van der Waals surface area contributed by atoms with E-state index in [1.807, 2.05) is 36.4 Å². The van der Waals surface area contributed by atoms with E-state index in [2.05, 4.69) is 24.3 Å². The van der Waals surface area contributed by atoms with Gasteiger partial charge in [-0.25, -0.2) is 0 Å². The van der Waals surface area contributed by atoms with Crippen molar-refractivity contribution in [1.29, 1.82) is 0 Å². The van der Waals surface area contributed by atoms with Crippen LogP contribution in [-0.4, -0.2) is 18.9 Å². The molecule has 2 rings (SSSR count). The fourth-order valence-electron chi connectivity index (χ4n) is 2.21. The molecule has 0 aliphatic heterocycles. The van der Waals surface area contributed by atoms with E-state index in [0.29, 0.717) is 6.04 Å². The molecule has 0 spiro atoms. The lowest BCUT2D eigenvalue weighted by molar-refractivity contribution is 0.401. The number of hydrogen-bond donors (Lipinski definition) is 2. The van der Waals surface area contributed by atoms with Crippen LogP contribution in [0.3, 0.4) is 0 Å². The monoisotopic (exact) mass is 258 g/mol. The lowest BCUT2D eigenvalue weighted by Crippen LogP contribution is -2.12. The minimum Gasteiger partial charge on any atom is -0.413 e. The van der Waals surface area contributed by atoms with E-state index in [0.717, 1.165) is 6.42 Å². The SMILES string of the molecule is O[SiH](O)CCC(c1ccccc1)c1ccccc1. The topological polar surface area (TPSA) is 40.5 Å². The summed E-state index contributed by atoms with van der Waals surface area (Å²) in [6.07, 6.45) is 0.790. The molecule has 0 aromatic heterocycles. The summed E-state index contributed by atoms with van der Waals surface area (Å²) in [5.74, 6) is 0.252. The Morgan fingerprint density at radius 2 is 1.22 bits per heavy atom. The zero-order valence-electron chi connectivity index (χ0n) is 10.2. The van der Waals surface area contributed by atoms with E-state index in [1.54, 1.807) is 0 Å². The standard InChI is InChI=1S/C15H18O2Si/c16-18(17)12-11-15(13-7-3-1-4-8-13)14-9-5-2-6-10-14/h1-10,15-18H,11-12H2. The Labute approximate surface area is 109 Å². The third-order valence-corrected chi connectivity index (χ3v) is 3.97. The van der Waals surface area contributed by atoms with Gasteiger partial charge in [-0.05, 0) is 23.6 Å². The van der Waals surface area contributed by atoms with Crippen molar-refractivity contribution in [3.8, 4) is 0 Å². The van der Waals surface area contributed by atoms with Crippen LogP contribution in [-0.2, 0) is 0 Å². The Bertz CT molecular complexity index is 417. The number of rotatable bonds is 5. The van der Waals surface area contributed by atoms with Crippen molar-refractivity contribution < 1.29 is 9.59 Å². The zero-order chi connectivity index (χ0) is 12.8. The van der Waals surface area contributed by atoms with Gasteiger partial charge in [-0.2, -0.15) is 0 Å². The molecule has 18 heavy (non-hydrogen) atoms. The molecule has 0 aliphatic carbocycles. The second-order valence-corrected chi connectivity index (χ2v) is 5.97. The highest BCUT2D eigenvalue weighted by Crippen LogP contribution is 2.29. The molecule has 0 radical (unpaired) electrons. The Morgan fingerprint density at radius 1 is 0.778 bits per heavy atom. The van der Waals surface area contributed by atoms with Gasteiger partial charge in [0.1, 0.15) is 0 Å². The summed E-state index contributed by atoms with van der Waals surface area (Å²) < 4.78 is 0.